The van der Waals surface area contributed by atoms with Gasteiger partial charge in [-0.2, -0.15) is 18.3 Å². The van der Waals surface area contributed by atoms with Crippen molar-refractivity contribution < 1.29 is 30.0 Å². The zero-order valence-corrected chi connectivity index (χ0v) is 16.9. The zero-order chi connectivity index (χ0) is 22.0. The van der Waals surface area contributed by atoms with E-state index in [1.807, 2.05) is 0 Å². The molecule has 1 aromatic carbocycles. The molecular formula is C17H17F3N4O4S2. The van der Waals surface area contributed by atoms with Crippen molar-refractivity contribution in [3.63, 3.8) is 0 Å². The highest BCUT2D eigenvalue weighted by Gasteiger charge is 2.30. The van der Waals surface area contributed by atoms with E-state index in [-0.39, 0.29) is 5.56 Å². The molecule has 0 bridgehead atoms. The summed E-state index contributed by atoms with van der Waals surface area (Å²) in [4.78, 5) is 0. The number of alkyl halides is 3. The second-order valence-corrected chi connectivity index (χ2v) is 10.0. The average molecular weight is 462 g/mol. The van der Waals surface area contributed by atoms with E-state index >= 15 is 0 Å². The van der Waals surface area contributed by atoms with Gasteiger partial charge < -0.3 is 0 Å². The van der Waals surface area contributed by atoms with Crippen molar-refractivity contribution in [3.05, 3.63) is 66.0 Å². The maximum Gasteiger partial charge on any atom is 0.416 e. The van der Waals surface area contributed by atoms with Crippen molar-refractivity contribution in [1.29, 1.82) is 0 Å². The van der Waals surface area contributed by atoms with Crippen LogP contribution in [0.15, 0.2) is 54.9 Å². The second kappa shape index (κ2) is 8.24. The first-order chi connectivity index (χ1) is 13.9. The molecule has 0 aliphatic carbocycles. The summed E-state index contributed by atoms with van der Waals surface area (Å²) >= 11 is 0. The lowest BCUT2D eigenvalue weighted by Crippen LogP contribution is -2.32. The number of sulfonamides is 2. The molecule has 2 heterocycles. The van der Waals surface area contributed by atoms with Gasteiger partial charge in [0.05, 0.1) is 28.3 Å². The lowest BCUT2D eigenvalue weighted by molar-refractivity contribution is -0.137. The summed E-state index contributed by atoms with van der Waals surface area (Å²) in [6, 6.07) is 8.46. The van der Waals surface area contributed by atoms with Gasteiger partial charge in [0.25, 0.3) is 0 Å². The molecule has 2 aromatic heterocycles. The number of aromatic nitrogens is 2. The van der Waals surface area contributed by atoms with Crippen LogP contribution in [0.2, 0.25) is 0 Å². The zero-order valence-electron chi connectivity index (χ0n) is 15.3. The van der Waals surface area contributed by atoms with E-state index in [0.29, 0.717) is 11.2 Å². The number of anilines is 1. The third-order valence-electron chi connectivity index (χ3n) is 4.00. The summed E-state index contributed by atoms with van der Waals surface area (Å²) in [7, 11) is -7.77. The summed E-state index contributed by atoms with van der Waals surface area (Å²) in [5.74, 6) is -1.10. The number of nitrogens with zero attached hydrogens (tertiary/aromatic N) is 2. The molecule has 0 radical (unpaired) electrons. The summed E-state index contributed by atoms with van der Waals surface area (Å²) in [5, 5.41) is 3.99. The minimum Gasteiger partial charge on any atom is -0.283 e. The summed E-state index contributed by atoms with van der Waals surface area (Å²) < 4.78 is 92.2. The number of halogens is 3. The van der Waals surface area contributed by atoms with Gasteiger partial charge in [-0.25, -0.2) is 26.1 Å². The highest BCUT2D eigenvalue weighted by molar-refractivity contribution is 7.92. The third kappa shape index (κ3) is 5.93. The first kappa shape index (κ1) is 22.1. The third-order valence-corrected chi connectivity index (χ3v) is 6.65. The summed E-state index contributed by atoms with van der Waals surface area (Å²) in [5.41, 5.74) is 0.233. The van der Waals surface area contributed by atoms with Crippen molar-refractivity contribution in [2.75, 3.05) is 17.0 Å². The smallest absolute Gasteiger partial charge is 0.283 e. The fourth-order valence-corrected chi connectivity index (χ4v) is 4.84. The lowest BCUT2D eigenvalue weighted by atomic mass is 10.1. The fraction of sp³-hybridized carbons (Fsp3) is 0.235. The van der Waals surface area contributed by atoms with Gasteiger partial charge in [0, 0.05) is 18.9 Å². The monoisotopic (exact) mass is 462 g/mol. The van der Waals surface area contributed by atoms with Gasteiger partial charge in [0.2, 0.25) is 20.0 Å². The van der Waals surface area contributed by atoms with Crippen LogP contribution in [-0.2, 0) is 32.0 Å². The van der Waals surface area contributed by atoms with Crippen molar-refractivity contribution in [3.8, 4) is 0 Å². The van der Waals surface area contributed by atoms with Crippen LogP contribution in [0.4, 0.5) is 18.9 Å². The lowest BCUT2D eigenvalue weighted by Gasteiger charge is -2.10. The number of hydrogen-bond donors (Lipinski definition) is 2. The van der Waals surface area contributed by atoms with Crippen molar-refractivity contribution in [2.24, 2.45) is 0 Å². The van der Waals surface area contributed by atoms with Crippen LogP contribution in [0.5, 0.6) is 0 Å². The van der Waals surface area contributed by atoms with E-state index in [4.69, 9.17) is 0 Å². The Hall–Kier alpha value is -2.64. The van der Waals surface area contributed by atoms with Gasteiger partial charge in [-0.1, -0.05) is 12.1 Å². The van der Waals surface area contributed by atoms with Crippen LogP contribution in [0, 0.1) is 0 Å². The Morgan fingerprint density at radius 3 is 2.33 bits per heavy atom. The van der Waals surface area contributed by atoms with Crippen molar-refractivity contribution in [2.45, 2.75) is 11.9 Å². The SMILES string of the molecule is O=S(=O)(Cc1ccc(C(F)(F)F)cc1)NCCS(=O)(=O)Nc1ccn2nccc2c1. The van der Waals surface area contributed by atoms with Gasteiger partial charge in [-0.05, 0) is 35.9 Å². The molecule has 0 saturated carbocycles. The molecule has 0 atom stereocenters. The van der Waals surface area contributed by atoms with E-state index < -0.39 is 49.8 Å². The molecule has 2 N–H and O–H groups in total. The molecule has 0 fully saturated rings. The van der Waals surface area contributed by atoms with E-state index in [2.05, 4.69) is 14.5 Å². The first-order valence-electron chi connectivity index (χ1n) is 8.51. The predicted octanol–water partition coefficient (Wildman–Crippen LogP) is 2.21. The molecular weight excluding hydrogens is 445 g/mol. The Labute approximate surface area is 170 Å². The summed E-state index contributed by atoms with van der Waals surface area (Å²) in [6.07, 6.45) is -1.39. The number of hydrogen-bond acceptors (Lipinski definition) is 5. The maximum atomic E-state index is 12.6. The topological polar surface area (TPSA) is 110 Å². The van der Waals surface area contributed by atoms with Crippen LogP contribution >= 0.6 is 0 Å². The normalized spacial score (nSPS) is 12.9. The molecule has 0 amide bonds. The molecule has 0 unspecified atom stereocenters. The highest BCUT2D eigenvalue weighted by Crippen LogP contribution is 2.29. The molecule has 0 saturated heterocycles. The minimum atomic E-state index is -4.51. The maximum absolute atomic E-state index is 12.6. The van der Waals surface area contributed by atoms with Crippen LogP contribution in [-0.4, -0.2) is 38.7 Å². The first-order valence-corrected chi connectivity index (χ1v) is 11.8. The largest absolute Gasteiger partial charge is 0.416 e. The molecule has 162 valence electrons. The van der Waals surface area contributed by atoms with Gasteiger partial charge in [0.15, 0.2) is 0 Å². The molecule has 0 aliphatic heterocycles. The van der Waals surface area contributed by atoms with Gasteiger partial charge in [-0.3, -0.25) is 4.72 Å². The Morgan fingerprint density at radius 2 is 1.67 bits per heavy atom. The van der Waals surface area contributed by atoms with Gasteiger partial charge >= 0.3 is 6.18 Å². The van der Waals surface area contributed by atoms with Gasteiger partial charge in [0.1, 0.15) is 0 Å². The van der Waals surface area contributed by atoms with Crippen LogP contribution < -0.4 is 9.44 Å². The highest BCUT2D eigenvalue weighted by atomic mass is 32.2. The number of pyridine rings is 1. The number of nitrogens with one attached hydrogen (secondary N) is 2. The molecule has 3 aromatic rings. The molecule has 0 spiro atoms. The minimum absolute atomic E-state index is 0.144. The Kier molecular flexibility index (Phi) is 6.06. The molecule has 13 heteroatoms. The summed E-state index contributed by atoms with van der Waals surface area (Å²) in [6.45, 7) is -0.396. The van der Waals surface area contributed by atoms with Crippen molar-refractivity contribution >= 4 is 31.3 Å². The second-order valence-electron chi connectivity index (χ2n) is 6.39. The molecule has 30 heavy (non-hydrogen) atoms. The Morgan fingerprint density at radius 1 is 0.967 bits per heavy atom. The van der Waals surface area contributed by atoms with Crippen LogP contribution in [0.25, 0.3) is 5.52 Å². The number of fused-ring (bicyclic) bond motifs is 1. The molecule has 3 rings (SSSR count). The average Bonchev–Trinajstić information content (AvgIpc) is 3.08. The Balaban J connectivity index is 1.54. The molecule has 0 aliphatic rings. The Bertz CT molecular complexity index is 1240. The van der Waals surface area contributed by atoms with E-state index in [0.717, 1.165) is 24.3 Å². The van der Waals surface area contributed by atoms with E-state index in [1.165, 1.54) is 6.07 Å². The predicted molar refractivity (Wildman–Crippen MR) is 105 cm³/mol. The van der Waals surface area contributed by atoms with E-state index in [9.17, 15) is 30.0 Å². The van der Waals surface area contributed by atoms with Gasteiger partial charge in [-0.15, -0.1) is 0 Å². The van der Waals surface area contributed by atoms with E-state index in [1.54, 1.807) is 29.0 Å². The van der Waals surface area contributed by atoms with Crippen LogP contribution in [0.3, 0.4) is 0 Å². The quantitative estimate of drug-likeness (QED) is 0.534. The number of benzene rings is 1. The van der Waals surface area contributed by atoms with Crippen molar-refractivity contribution in [1.82, 2.24) is 14.3 Å². The standard InChI is InChI=1S/C17H17F3N4O4S2/c18-17(19,20)14-3-1-13(2-4-14)12-30(27,28)22-8-10-29(25,26)23-15-6-9-24-16(11-15)5-7-21-24/h1-7,9,11,22-23H,8,10,12H2. The van der Waals surface area contributed by atoms with Crippen LogP contribution in [0.1, 0.15) is 11.1 Å². The number of rotatable bonds is 8. The fourth-order valence-electron chi connectivity index (χ4n) is 2.61. The molecule has 8 nitrogen and oxygen atoms in total.